The predicted molar refractivity (Wildman–Crippen MR) is 102 cm³/mol. The van der Waals surface area contributed by atoms with Crippen molar-refractivity contribution < 1.29 is 33.3 Å². The third-order valence-electron chi connectivity index (χ3n) is 3.82. The van der Waals surface area contributed by atoms with Gasteiger partial charge in [0.2, 0.25) is 0 Å². The lowest BCUT2D eigenvalue weighted by Gasteiger charge is -2.21. The van der Waals surface area contributed by atoms with Gasteiger partial charge in [0.1, 0.15) is 24.9 Å². The molecule has 0 amide bonds. The molecule has 156 valence electrons. The van der Waals surface area contributed by atoms with Crippen molar-refractivity contribution in [3.8, 4) is 5.75 Å². The molecule has 0 spiro atoms. The number of hydrogen-bond donors (Lipinski definition) is 0. The second kappa shape index (κ2) is 10.8. The molecule has 10 heteroatoms. The van der Waals surface area contributed by atoms with Gasteiger partial charge in [0.15, 0.2) is 12.1 Å². The normalized spacial score (nSPS) is 18.0. The van der Waals surface area contributed by atoms with E-state index in [0.717, 1.165) is 16.8 Å². The highest BCUT2D eigenvalue weighted by Crippen LogP contribution is 2.17. The predicted octanol–water partition coefficient (Wildman–Crippen LogP) is 0.931. The van der Waals surface area contributed by atoms with Crippen LogP contribution in [0.4, 0.5) is 0 Å². The summed E-state index contributed by atoms with van der Waals surface area (Å²) in [4.78, 5) is 40.2. The number of carbonyl (C=O) groups excluding carboxylic acids is 3. The summed E-state index contributed by atoms with van der Waals surface area (Å²) in [6.45, 7) is 3.57. The lowest BCUT2D eigenvalue weighted by molar-refractivity contribution is -0.155. The van der Waals surface area contributed by atoms with Crippen LogP contribution in [0.2, 0.25) is 0 Å². The number of carbonyl (C=O) groups is 3. The number of benzene rings is 1. The minimum absolute atomic E-state index is 0.0374. The molecule has 0 radical (unpaired) electrons. The van der Waals surface area contributed by atoms with Crippen molar-refractivity contribution in [3.63, 3.8) is 0 Å². The van der Waals surface area contributed by atoms with Gasteiger partial charge in [-0.25, -0.2) is 19.4 Å². The van der Waals surface area contributed by atoms with Gasteiger partial charge in [0.25, 0.3) is 0 Å². The molecule has 2 rings (SSSR count). The zero-order valence-electron chi connectivity index (χ0n) is 16.4. The third-order valence-corrected chi connectivity index (χ3v) is 3.82. The van der Waals surface area contributed by atoms with E-state index in [2.05, 4.69) is 10.1 Å². The van der Waals surface area contributed by atoms with E-state index in [9.17, 15) is 14.4 Å². The molecular weight excluding hydrogens is 382 g/mol. The van der Waals surface area contributed by atoms with Crippen molar-refractivity contribution >= 4 is 30.5 Å². The van der Waals surface area contributed by atoms with E-state index in [4.69, 9.17) is 18.9 Å². The first-order valence-corrected chi connectivity index (χ1v) is 8.98. The highest BCUT2D eigenvalue weighted by atomic mass is 16.5. The molecule has 1 heterocycles. The van der Waals surface area contributed by atoms with Gasteiger partial charge in [0.05, 0.1) is 20.3 Å². The number of hydrazone groups is 1. The van der Waals surface area contributed by atoms with Crippen LogP contribution in [0, 0.1) is 0 Å². The average Bonchev–Trinajstić information content (AvgIpc) is 3.15. The molecule has 2 atom stereocenters. The van der Waals surface area contributed by atoms with E-state index in [1.54, 1.807) is 45.2 Å². The number of aliphatic imine (C=N–C) groups is 1. The van der Waals surface area contributed by atoms with Crippen molar-refractivity contribution in [2.75, 3.05) is 20.3 Å². The maximum absolute atomic E-state index is 12.2. The maximum Gasteiger partial charge on any atom is 0.351 e. The van der Waals surface area contributed by atoms with Crippen LogP contribution in [-0.4, -0.2) is 67.9 Å². The van der Waals surface area contributed by atoms with Crippen LogP contribution in [0.25, 0.3) is 0 Å². The van der Waals surface area contributed by atoms with E-state index >= 15 is 0 Å². The minimum Gasteiger partial charge on any atom is -0.497 e. The largest absolute Gasteiger partial charge is 0.497 e. The Labute approximate surface area is 168 Å². The Morgan fingerprint density at radius 2 is 1.72 bits per heavy atom. The molecule has 29 heavy (non-hydrogen) atoms. The van der Waals surface area contributed by atoms with Crippen LogP contribution in [0.5, 0.6) is 5.75 Å². The summed E-state index contributed by atoms with van der Waals surface area (Å²) in [6.07, 6.45) is 2.08. The quantitative estimate of drug-likeness (QED) is 0.338. The molecule has 0 saturated carbocycles. The van der Waals surface area contributed by atoms with Crippen LogP contribution in [-0.2, 0) is 35.2 Å². The number of ether oxygens (including phenoxy) is 4. The number of rotatable bonds is 9. The molecule has 0 fully saturated rings. The Morgan fingerprint density at radius 1 is 1.07 bits per heavy atom. The molecule has 10 nitrogen and oxygen atoms in total. The smallest absolute Gasteiger partial charge is 0.351 e. The summed E-state index contributed by atoms with van der Waals surface area (Å²) in [5, 5.41) is 4.97. The Hall–Kier alpha value is -3.43. The first-order chi connectivity index (χ1) is 14.0. The second-order valence-corrected chi connectivity index (χ2v) is 5.74. The third kappa shape index (κ3) is 6.03. The molecule has 1 aromatic rings. The number of esters is 3. The Balaban J connectivity index is 1.98. The summed E-state index contributed by atoms with van der Waals surface area (Å²) in [5.41, 5.74) is 0.766. The van der Waals surface area contributed by atoms with E-state index in [1.807, 2.05) is 0 Å². The van der Waals surface area contributed by atoms with Crippen LogP contribution in [0.15, 0.2) is 34.4 Å². The van der Waals surface area contributed by atoms with Crippen LogP contribution in [0.3, 0.4) is 0 Å². The fourth-order valence-electron chi connectivity index (χ4n) is 2.45. The second-order valence-electron chi connectivity index (χ2n) is 5.74. The van der Waals surface area contributed by atoms with Gasteiger partial charge in [-0.2, -0.15) is 5.10 Å². The van der Waals surface area contributed by atoms with Crippen LogP contribution >= 0.6 is 0 Å². The molecule has 0 unspecified atom stereocenters. The first kappa shape index (κ1) is 21.9. The van der Waals surface area contributed by atoms with Gasteiger partial charge >= 0.3 is 17.9 Å². The lowest BCUT2D eigenvalue weighted by Crippen LogP contribution is -2.45. The molecule has 0 aromatic heterocycles. The molecule has 0 N–H and O–H groups in total. The zero-order chi connectivity index (χ0) is 21.2. The summed E-state index contributed by atoms with van der Waals surface area (Å²) < 4.78 is 20.1. The lowest BCUT2D eigenvalue weighted by atomic mass is 10.1. The summed E-state index contributed by atoms with van der Waals surface area (Å²) in [6, 6.07) is 4.74. The molecule has 1 aliphatic heterocycles. The van der Waals surface area contributed by atoms with Gasteiger partial charge in [0, 0.05) is 0 Å². The van der Waals surface area contributed by atoms with E-state index in [0.29, 0.717) is 5.75 Å². The molecule has 0 bridgehead atoms. The molecule has 0 aliphatic carbocycles. The van der Waals surface area contributed by atoms with Gasteiger partial charge < -0.3 is 18.9 Å². The van der Waals surface area contributed by atoms with Gasteiger partial charge in [-0.05, 0) is 31.5 Å². The van der Waals surface area contributed by atoms with Crippen LogP contribution < -0.4 is 4.74 Å². The average molecular weight is 405 g/mol. The van der Waals surface area contributed by atoms with Crippen molar-refractivity contribution in [1.82, 2.24) is 5.01 Å². The topological polar surface area (TPSA) is 116 Å². The van der Waals surface area contributed by atoms with E-state index < -0.39 is 30.0 Å². The monoisotopic (exact) mass is 405 g/mol. The Kier molecular flexibility index (Phi) is 8.13. The fraction of sp³-hybridized carbons (Fsp3) is 0.421. The van der Waals surface area contributed by atoms with Crippen molar-refractivity contribution in [3.05, 3.63) is 29.8 Å². The Bertz CT molecular complexity index is 777. The van der Waals surface area contributed by atoms with Gasteiger partial charge in [-0.15, -0.1) is 0 Å². The number of methoxy groups -OCH3 is 1. The van der Waals surface area contributed by atoms with Gasteiger partial charge in [-0.3, -0.25) is 4.99 Å². The van der Waals surface area contributed by atoms with Crippen LogP contribution in [0.1, 0.15) is 19.4 Å². The summed E-state index contributed by atoms with van der Waals surface area (Å²) >= 11 is 0. The summed E-state index contributed by atoms with van der Waals surface area (Å²) in [7, 11) is 1.56. The number of nitrogens with zero attached hydrogens (tertiary/aromatic N) is 3. The Morgan fingerprint density at radius 3 is 2.34 bits per heavy atom. The SMILES string of the molecule is CCOC(=O)[C@@H]1N=CN(/N=C/C(=O)OCc2ccc(OC)cc2)[C@H]1C(=O)OCC. The standard InChI is InChI=1S/C19H23N3O7/c1-4-27-18(24)16-17(19(25)28-5-2)22(12-20-16)21-10-15(23)29-11-13-6-8-14(26-3)9-7-13/h6-10,12,16-17H,4-5,11H2,1-3H3/b21-10+/t16-,17-/m1/s1. The zero-order valence-corrected chi connectivity index (χ0v) is 16.4. The summed E-state index contributed by atoms with van der Waals surface area (Å²) in [5.74, 6) is -1.42. The van der Waals surface area contributed by atoms with Crippen molar-refractivity contribution in [2.45, 2.75) is 32.5 Å². The van der Waals surface area contributed by atoms with E-state index in [-0.39, 0.29) is 19.8 Å². The van der Waals surface area contributed by atoms with Crippen molar-refractivity contribution in [2.24, 2.45) is 10.1 Å². The van der Waals surface area contributed by atoms with Crippen molar-refractivity contribution in [1.29, 1.82) is 0 Å². The molecular formula is C19H23N3O7. The highest BCUT2D eigenvalue weighted by Gasteiger charge is 2.43. The first-order valence-electron chi connectivity index (χ1n) is 8.98. The maximum atomic E-state index is 12.2. The van der Waals surface area contributed by atoms with E-state index in [1.165, 1.54) is 6.34 Å². The minimum atomic E-state index is -1.15. The van der Waals surface area contributed by atoms with Gasteiger partial charge in [-0.1, -0.05) is 12.1 Å². The highest BCUT2D eigenvalue weighted by molar-refractivity contribution is 6.23. The molecule has 1 aromatic carbocycles. The molecule has 1 aliphatic rings. The fourth-order valence-corrected chi connectivity index (χ4v) is 2.45. The number of hydrogen-bond acceptors (Lipinski definition) is 10. The molecule has 0 saturated heterocycles.